The molecule has 0 spiro atoms. The molecule has 0 amide bonds. The molecule has 3 heterocycles. The van der Waals surface area contributed by atoms with Crippen LogP contribution in [0.3, 0.4) is 0 Å². The van der Waals surface area contributed by atoms with Gasteiger partial charge in [-0.1, -0.05) is 0 Å². The van der Waals surface area contributed by atoms with Gasteiger partial charge in [0, 0.05) is 30.2 Å². The van der Waals surface area contributed by atoms with Crippen LogP contribution in [0.2, 0.25) is 0 Å². The van der Waals surface area contributed by atoms with Crippen LogP contribution in [-0.4, -0.2) is 41.0 Å². The molecule has 8 heteroatoms. The number of rotatable bonds is 3. The first kappa shape index (κ1) is 16.2. The first-order valence-electron chi connectivity index (χ1n) is 8.08. The van der Waals surface area contributed by atoms with Crippen LogP contribution in [0.4, 0.5) is 4.39 Å². The Bertz CT molecular complexity index is 1040. The van der Waals surface area contributed by atoms with E-state index in [-0.39, 0.29) is 10.5 Å². The van der Waals surface area contributed by atoms with E-state index in [0.717, 1.165) is 12.8 Å². The van der Waals surface area contributed by atoms with Crippen LogP contribution >= 0.6 is 0 Å². The number of halogens is 1. The Kier molecular flexibility index (Phi) is 3.81. The fraction of sp³-hybridized carbons (Fsp3) is 0.294. The third-order valence-electron chi connectivity index (χ3n) is 4.55. The number of hydrogen-bond donors (Lipinski definition) is 1. The van der Waals surface area contributed by atoms with Crippen LogP contribution in [0.25, 0.3) is 22.2 Å². The summed E-state index contributed by atoms with van der Waals surface area (Å²) in [4.78, 5) is 2.77. The van der Waals surface area contributed by atoms with Crippen LogP contribution < -0.4 is 0 Å². The van der Waals surface area contributed by atoms with Gasteiger partial charge in [-0.3, -0.25) is 0 Å². The molecule has 1 aliphatic heterocycles. The molecule has 2 aromatic heterocycles. The van der Waals surface area contributed by atoms with E-state index >= 15 is 0 Å². The standard InChI is InChI=1S/C17H17FN4O2S/c1-11-9-13(18)17-12(16(11)14-5-4-6-19-21-14)10-15(20-17)25(23,24)22-7-2-3-8-22/h4-6,9-10,20H,2-3,7-8H2,1H3. The molecule has 1 aromatic carbocycles. The number of aryl methyl sites for hydroxylation is 1. The van der Waals surface area contributed by atoms with E-state index in [4.69, 9.17) is 0 Å². The molecule has 0 saturated carbocycles. The second kappa shape index (κ2) is 5.89. The van der Waals surface area contributed by atoms with E-state index in [0.29, 0.717) is 35.3 Å². The number of nitrogens with one attached hydrogen (secondary N) is 1. The highest BCUT2D eigenvalue weighted by Gasteiger charge is 2.29. The Hall–Kier alpha value is -2.32. The molecule has 4 rings (SSSR count). The summed E-state index contributed by atoms with van der Waals surface area (Å²) >= 11 is 0. The number of aromatic nitrogens is 3. The largest absolute Gasteiger partial charge is 0.342 e. The third-order valence-corrected chi connectivity index (χ3v) is 6.37. The number of hydrogen-bond acceptors (Lipinski definition) is 4. The molecule has 1 saturated heterocycles. The molecule has 1 fully saturated rings. The number of nitrogens with zero attached hydrogens (tertiary/aromatic N) is 3. The minimum absolute atomic E-state index is 0.0130. The van der Waals surface area contributed by atoms with Gasteiger partial charge in [0.15, 0.2) is 0 Å². The molecule has 6 nitrogen and oxygen atoms in total. The summed E-state index contributed by atoms with van der Waals surface area (Å²) in [5.41, 5.74) is 2.11. The number of benzene rings is 1. The van der Waals surface area contributed by atoms with Gasteiger partial charge in [0.1, 0.15) is 10.8 Å². The second-order valence-electron chi connectivity index (χ2n) is 6.19. The SMILES string of the molecule is Cc1cc(F)c2[nH]c(S(=O)(=O)N3CCCC3)cc2c1-c1cccnn1. The number of aromatic amines is 1. The van der Waals surface area contributed by atoms with E-state index in [1.165, 1.54) is 16.4 Å². The fourth-order valence-corrected chi connectivity index (χ4v) is 4.86. The van der Waals surface area contributed by atoms with Crippen molar-refractivity contribution >= 4 is 20.9 Å². The summed E-state index contributed by atoms with van der Waals surface area (Å²) in [5, 5.41) is 8.47. The fourth-order valence-electron chi connectivity index (χ4n) is 3.34. The highest BCUT2D eigenvalue weighted by molar-refractivity contribution is 7.89. The monoisotopic (exact) mass is 360 g/mol. The minimum Gasteiger partial charge on any atom is -0.342 e. The molecule has 0 bridgehead atoms. The van der Waals surface area contributed by atoms with Crippen molar-refractivity contribution in [2.45, 2.75) is 24.8 Å². The topological polar surface area (TPSA) is 79.0 Å². The van der Waals surface area contributed by atoms with E-state index < -0.39 is 15.8 Å². The predicted octanol–water partition coefficient (Wildman–Crippen LogP) is 2.86. The normalized spacial score (nSPS) is 15.9. The van der Waals surface area contributed by atoms with Gasteiger partial charge in [-0.25, -0.2) is 12.8 Å². The molecule has 0 atom stereocenters. The Morgan fingerprint density at radius 1 is 1.24 bits per heavy atom. The maximum atomic E-state index is 14.4. The van der Waals surface area contributed by atoms with Crippen LogP contribution in [-0.2, 0) is 10.0 Å². The molecular formula is C17H17FN4O2S. The molecule has 1 N–H and O–H groups in total. The summed E-state index contributed by atoms with van der Waals surface area (Å²) in [6, 6.07) is 6.40. The van der Waals surface area contributed by atoms with Crippen molar-refractivity contribution in [3.8, 4) is 11.3 Å². The first-order chi connectivity index (χ1) is 12.0. The summed E-state index contributed by atoms with van der Waals surface area (Å²) in [7, 11) is -3.65. The van der Waals surface area contributed by atoms with Crippen molar-refractivity contribution < 1.29 is 12.8 Å². The smallest absolute Gasteiger partial charge is 0.258 e. The van der Waals surface area contributed by atoms with Gasteiger partial charge >= 0.3 is 0 Å². The number of sulfonamides is 1. The Morgan fingerprint density at radius 3 is 2.68 bits per heavy atom. The molecule has 0 aliphatic carbocycles. The lowest BCUT2D eigenvalue weighted by Crippen LogP contribution is -2.28. The van der Waals surface area contributed by atoms with E-state index in [2.05, 4.69) is 15.2 Å². The quantitative estimate of drug-likeness (QED) is 0.779. The lowest BCUT2D eigenvalue weighted by molar-refractivity contribution is 0.475. The molecule has 0 unspecified atom stereocenters. The van der Waals surface area contributed by atoms with Gasteiger partial charge in [0.05, 0.1) is 11.2 Å². The van der Waals surface area contributed by atoms with Crippen LogP contribution in [0, 0.1) is 12.7 Å². The molecular weight excluding hydrogens is 343 g/mol. The Morgan fingerprint density at radius 2 is 2.00 bits per heavy atom. The highest BCUT2D eigenvalue weighted by Crippen LogP contribution is 2.34. The average molecular weight is 360 g/mol. The van der Waals surface area contributed by atoms with Crippen molar-refractivity contribution in [3.05, 3.63) is 41.8 Å². The van der Waals surface area contributed by atoms with Crippen molar-refractivity contribution in [2.24, 2.45) is 0 Å². The van der Waals surface area contributed by atoms with Crippen molar-refractivity contribution in [3.63, 3.8) is 0 Å². The Labute approximate surface area is 144 Å². The van der Waals surface area contributed by atoms with E-state index in [1.807, 2.05) is 0 Å². The van der Waals surface area contributed by atoms with E-state index in [9.17, 15) is 12.8 Å². The van der Waals surface area contributed by atoms with Crippen LogP contribution in [0.15, 0.2) is 35.5 Å². The molecule has 25 heavy (non-hydrogen) atoms. The lowest BCUT2D eigenvalue weighted by atomic mass is 10.0. The average Bonchev–Trinajstić information content (AvgIpc) is 3.26. The number of fused-ring (bicyclic) bond motifs is 1. The molecule has 1 aliphatic rings. The zero-order chi connectivity index (χ0) is 17.6. The van der Waals surface area contributed by atoms with Gasteiger partial charge in [0.25, 0.3) is 10.0 Å². The van der Waals surface area contributed by atoms with Gasteiger partial charge in [0.2, 0.25) is 0 Å². The maximum Gasteiger partial charge on any atom is 0.258 e. The number of H-pyrrole nitrogens is 1. The molecule has 3 aromatic rings. The van der Waals surface area contributed by atoms with Crippen molar-refractivity contribution in [2.75, 3.05) is 13.1 Å². The second-order valence-corrected chi connectivity index (χ2v) is 8.10. The minimum atomic E-state index is -3.65. The third kappa shape index (κ3) is 2.61. The summed E-state index contributed by atoms with van der Waals surface area (Å²) < 4.78 is 41.5. The maximum absolute atomic E-state index is 14.4. The summed E-state index contributed by atoms with van der Waals surface area (Å²) in [6.45, 7) is 2.76. The first-order valence-corrected chi connectivity index (χ1v) is 9.52. The molecule has 130 valence electrons. The zero-order valence-electron chi connectivity index (χ0n) is 13.7. The highest BCUT2D eigenvalue weighted by atomic mass is 32.2. The van der Waals surface area contributed by atoms with Crippen LogP contribution in [0.5, 0.6) is 0 Å². The zero-order valence-corrected chi connectivity index (χ0v) is 14.5. The predicted molar refractivity (Wildman–Crippen MR) is 92.0 cm³/mol. The van der Waals surface area contributed by atoms with Crippen LogP contribution in [0.1, 0.15) is 18.4 Å². The van der Waals surface area contributed by atoms with Gasteiger partial charge < -0.3 is 4.98 Å². The summed E-state index contributed by atoms with van der Waals surface area (Å²) in [5.74, 6) is -0.483. The lowest BCUT2D eigenvalue weighted by Gasteiger charge is -2.13. The molecule has 0 radical (unpaired) electrons. The van der Waals surface area contributed by atoms with Gasteiger partial charge in [-0.2, -0.15) is 14.5 Å². The summed E-state index contributed by atoms with van der Waals surface area (Å²) in [6.07, 6.45) is 3.25. The van der Waals surface area contributed by atoms with E-state index in [1.54, 1.807) is 25.3 Å². The van der Waals surface area contributed by atoms with Crippen molar-refractivity contribution in [1.82, 2.24) is 19.5 Å². The van der Waals surface area contributed by atoms with Crippen molar-refractivity contribution in [1.29, 1.82) is 0 Å². The Balaban J connectivity index is 1.95. The van der Waals surface area contributed by atoms with Gasteiger partial charge in [-0.05, 0) is 49.6 Å². The van der Waals surface area contributed by atoms with Gasteiger partial charge in [-0.15, -0.1) is 0 Å².